The van der Waals surface area contributed by atoms with E-state index in [2.05, 4.69) is 4.99 Å². The molecule has 0 atom stereocenters. The first-order valence-electron chi connectivity index (χ1n) is 8.14. The number of aliphatic imine (C=N–C) groups is 1. The van der Waals surface area contributed by atoms with Gasteiger partial charge in [-0.3, -0.25) is 18.9 Å². The van der Waals surface area contributed by atoms with Gasteiger partial charge in [0.25, 0.3) is 5.56 Å². The Hall–Kier alpha value is -3.41. The first kappa shape index (κ1) is 17.4. The molecule has 0 fully saturated rings. The van der Waals surface area contributed by atoms with Crippen LogP contribution in [0.2, 0.25) is 0 Å². The van der Waals surface area contributed by atoms with Gasteiger partial charge in [-0.1, -0.05) is 60.7 Å². The van der Waals surface area contributed by atoms with Crippen molar-refractivity contribution in [3.8, 4) is 5.88 Å². The summed E-state index contributed by atoms with van der Waals surface area (Å²) in [4.78, 5) is 29.3. The Morgan fingerprint density at radius 2 is 1.50 bits per heavy atom. The predicted octanol–water partition coefficient (Wildman–Crippen LogP) is 1.83. The van der Waals surface area contributed by atoms with Crippen LogP contribution in [0.3, 0.4) is 0 Å². The molecule has 0 radical (unpaired) electrons. The summed E-state index contributed by atoms with van der Waals surface area (Å²) in [5.41, 5.74) is 0.851. The van der Waals surface area contributed by atoms with Gasteiger partial charge in [0.15, 0.2) is 0 Å². The Kier molecular flexibility index (Phi) is 4.84. The summed E-state index contributed by atoms with van der Waals surface area (Å²) < 4.78 is 2.01. The lowest BCUT2D eigenvalue weighted by molar-refractivity contribution is 0.410. The monoisotopic (exact) mass is 349 g/mol. The van der Waals surface area contributed by atoms with Crippen LogP contribution in [-0.4, -0.2) is 20.0 Å². The summed E-state index contributed by atoms with van der Waals surface area (Å²) in [6.07, 6.45) is 0. The van der Waals surface area contributed by atoms with Gasteiger partial charge in [-0.05, 0) is 5.56 Å². The van der Waals surface area contributed by atoms with E-state index in [9.17, 15) is 14.7 Å². The second-order valence-electron chi connectivity index (χ2n) is 5.92. The molecule has 26 heavy (non-hydrogen) atoms. The molecule has 0 amide bonds. The van der Waals surface area contributed by atoms with E-state index < -0.39 is 17.1 Å². The van der Waals surface area contributed by atoms with Gasteiger partial charge in [0.2, 0.25) is 5.88 Å². The van der Waals surface area contributed by atoms with Gasteiger partial charge < -0.3 is 5.11 Å². The average Bonchev–Trinajstić information content (AvgIpc) is 2.69. The molecule has 0 aliphatic carbocycles. The maximum absolute atomic E-state index is 12.7. The summed E-state index contributed by atoms with van der Waals surface area (Å²) in [6, 6.07) is 18.8. The van der Waals surface area contributed by atoms with E-state index in [1.165, 1.54) is 14.1 Å². The molecule has 1 heterocycles. The fraction of sp³-hybridized carbons (Fsp3) is 0.150. The summed E-state index contributed by atoms with van der Waals surface area (Å²) in [5, 5.41) is 10.5. The third kappa shape index (κ3) is 3.21. The van der Waals surface area contributed by atoms with Crippen molar-refractivity contribution in [2.24, 2.45) is 19.1 Å². The lowest BCUT2D eigenvalue weighted by atomic mass is 10.0. The van der Waals surface area contributed by atoms with Crippen molar-refractivity contribution in [3.63, 3.8) is 0 Å². The van der Waals surface area contributed by atoms with Crippen molar-refractivity contribution in [2.75, 3.05) is 0 Å². The number of hydrogen-bond acceptors (Lipinski definition) is 4. The van der Waals surface area contributed by atoms with Crippen LogP contribution in [0.25, 0.3) is 0 Å². The number of nitrogens with zero attached hydrogens (tertiary/aromatic N) is 3. The van der Waals surface area contributed by atoms with Gasteiger partial charge in [0.05, 0.1) is 12.3 Å². The Morgan fingerprint density at radius 1 is 0.923 bits per heavy atom. The highest BCUT2D eigenvalue weighted by Crippen LogP contribution is 2.17. The van der Waals surface area contributed by atoms with Crippen LogP contribution < -0.4 is 11.2 Å². The van der Waals surface area contributed by atoms with E-state index in [0.717, 1.165) is 14.7 Å². The highest BCUT2D eigenvalue weighted by molar-refractivity contribution is 6.13. The summed E-state index contributed by atoms with van der Waals surface area (Å²) in [7, 11) is 2.80. The third-order valence-corrected chi connectivity index (χ3v) is 4.18. The van der Waals surface area contributed by atoms with Crippen LogP contribution in [0.4, 0.5) is 0 Å². The molecule has 1 N–H and O–H groups in total. The van der Waals surface area contributed by atoms with E-state index in [1.54, 1.807) is 0 Å². The number of hydrogen-bond donors (Lipinski definition) is 1. The van der Waals surface area contributed by atoms with E-state index in [0.29, 0.717) is 17.8 Å². The van der Waals surface area contributed by atoms with Gasteiger partial charge >= 0.3 is 5.69 Å². The zero-order chi connectivity index (χ0) is 18.7. The van der Waals surface area contributed by atoms with Crippen molar-refractivity contribution in [2.45, 2.75) is 6.54 Å². The highest BCUT2D eigenvalue weighted by Gasteiger charge is 2.21. The first-order valence-corrected chi connectivity index (χ1v) is 8.14. The first-order chi connectivity index (χ1) is 12.5. The second kappa shape index (κ2) is 7.23. The average molecular weight is 349 g/mol. The zero-order valence-corrected chi connectivity index (χ0v) is 14.6. The normalized spacial score (nSPS) is 11.5. The Bertz CT molecular complexity index is 1070. The van der Waals surface area contributed by atoms with Crippen LogP contribution in [0.15, 0.2) is 75.2 Å². The van der Waals surface area contributed by atoms with Crippen molar-refractivity contribution >= 4 is 5.71 Å². The molecule has 6 nitrogen and oxygen atoms in total. The molecule has 0 spiro atoms. The van der Waals surface area contributed by atoms with E-state index >= 15 is 0 Å². The molecule has 0 bridgehead atoms. The Labute approximate surface area is 150 Å². The largest absolute Gasteiger partial charge is 0.494 e. The van der Waals surface area contributed by atoms with Crippen molar-refractivity contribution in [3.05, 3.63) is 98.2 Å². The smallest absolute Gasteiger partial charge is 0.333 e. The molecule has 0 saturated heterocycles. The van der Waals surface area contributed by atoms with Crippen LogP contribution in [0.5, 0.6) is 5.88 Å². The van der Waals surface area contributed by atoms with E-state index in [4.69, 9.17) is 0 Å². The number of aromatic nitrogens is 2. The number of rotatable bonds is 4. The fourth-order valence-electron chi connectivity index (χ4n) is 2.71. The molecule has 132 valence electrons. The lowest BCUT2D eigenvalue weighted by Crippen LogP contribution is -2.40. The molecule has 0 aliphatic rings. The zero-order valence-electron chi connectivity index (χ0n) is 14.6. The molecule has 3 aromatic rings. The fourth-order valence-corrected chi connectivity index (χ4v) is 2.71. The number of aromatic hydroxyl groups is 1. The van der Waals surface area contributed by atoms with E-state index in [1.807, 2.05) is 60.7 Å². The van der Waals surface area contributed by atoms with Gasteiger partial charge in [0.1, 0.15) is 5.56 Å². The van der Waals surface area contributed by atoms with Gasteiger partial charge in [-0.25, -0.2) is 4.79 Å². The molecule has 0 unspecified atom stereocenters. The summed E-state index contributed by atoms with van der Waals surface area (Å²) >= 11 is 0. The topological polar surface area (TPSA) is 76.6 Å². The standard InChI is InChI=1S/C20H19N3O3/c1-22-18(24)16(19(25)23(2)20(22)26)17(15-11-7-4-8-12-15)21-13-14-9-5-3-6-10-14/h3-12,24H,13H2,1-2H3. The maximum atomic E-state index is 12.7. The minimum Gasteiger partial charge on any atom is -0.494 e. The van der Waals surface area contributed by atoms with Crippen LogP contribution in [0.1, 0.15) is 16.7 Å². The Morgan fingerprint density at radius 3 is 2.12 bits per heavy atom. The third-order valence-electron chi connectivity index (χ3n) is 4.18. The molecule has 1 aromatic heterocycles. The predicted molar refractivity (Wildman–Crippen MR) is 101 cm³/mol. The van der Waals surface area contributed by atoms with Crippen molar-refractivity contribution < 1.29 is 5.11 Å². The maximum Gasteiger partial charge on any atom is 0.333 e. The van der Waals surface area contributed by atoms with Crippen LogP contribution in [0, 0.1) is 0 Å². The van der Waals surface area contributed by atoms with Crippen LogP contribution >= 0.6 is 0 Å². The Balaban J connectivity index is 2.23. The van der Waals surface area contributed by atoms with Gasteiger partial charge in [-0.2, -0.15) is 0 Å². The lowest BCUT2D eigenvalue weighted by Gasteiger charge is -2.13. The van der Waals surface area contributed by atoms with Crippen LogP contribution in [-0.2, 0) is 20.6 Å². The molecule has 6 heteroatoms. The molecule has 0 saturated carbocycles. The summed E-state index contributed by atoms with van der Waals surface area (Å²) in [5.74, 6) is -0.395. The number of benzene rings is 2. The highest BCUT2D eigenvalue weighted by atomic mass is 16.3. The minimum atomic E-state index is -0.591. The molecule has 3 rings (SSSR count). The van der Waals surface area contributed by atoms with Crippen molar-refractivity contribution in [1.29, 1.82) is 0 Å². The van der Waals surface area contributed by atoms with Crippen molar-refractivity contribution in [1.82, 2.24) is 9.13 Å². The quantitative estimate of drug-likeness (QED) is 0.730. The second-order valence-corrected chi connectivity index (χ2v) is 5.92. The SMILES string of the molecule is Cn1c(O)c(C(=NCc2ccccc2)c2ccccc2)c(=O)n(C)c1=O. The van der Waals surface area contributed by atoms with Gasteiger partial charge in [0, 0.05) is 19.7 Å². The molecule has 2 aromatic carbocycles. The molecule has 0 aliphatic heterocycles. The van der Waals surface area contributed by atoms with Gasteiger partial charge in [-0.15, -0.1) is 0 Å². The minimum absolute atomic E-state index is 0.0109. The molecular weight excluding hydrogens is 330 g/mol. The summed E-state index contributed by atoms with van der Waals surface area (Å²) in [6.45, 7) is 0.344. The van der Waals surface area contributed by atoms with E-state index in [-0.39, 0.29) is 5.56 Å². The molecular formula is C20H19N3O3.